The van der Waals surface area contributed by atoms with E-state index in [0.717, 1.165) is 6.20 Å². The van der Waals surface area contributed by atoms with Crippen LogP contribution in [0.25, 0.3) is 0 Å². The van der Waals surface area contributed by atoms with Gasteiger partial charge in [-0.2, -0.15) is 0 Å². The van der Waals surface area contributed by atoms with Crippen molar-refractivity contribution in [2.45, 2.75) is 19.6 Å². The van der Waals surface area contributed by atoms with E-state index in [2.05, 4.69) is 5.32 Å². The molecule has 2 aliphatic rings. The summed E-state index contributed by atoms with van der Waals surface area (Å²) in [5, 5.41) is 2.74. The second-order valence-corrected chi connectivity index (χ2v) is 5.91. The molecule has 2 aliphatic heterocycles. The van der Waals surface area contributed by atoms with Gasteiger partial charge in [0.1, 0.15) is 13.2 Å². The van der Waals surface area contributed by atoms with Crippen LogP contribution < -0.4 is 14.8 Å². The molecule has 0 saturated carbocycles. The van der Waals surface area contributed by atoms with Crippen LogP contribution in [0.15, 0.2) is 23.9 Å². The van der Waals surface area contributed by atoms with Crippen LogP contribution in [-0.4, -0.2) is 44.0 Å². The van der Waals surface area contributed by atoms with Crippen LogP contribution in [0.1, 0.15) is 24.2 Å². The highest BCUT2D eigenvalue weighted by Gasteiger charge is 2.39. The highest BCUT2D eigenvalue weighted by molar-refractivity contribution is 6.15. The van der Waals surface area contributed by atoms with E-state index in [1.807, 2.05) is 0 Å². The summed E-state index contributed by atoms with van der Waals surface area (Å²) >= 11 is 0. The Kier molecular flexibility index (Phi) is 4.45. The number of benzene rings is 1. The molecule has 0 spiro atoms. The fourth-order valence-electron chi connectivity index (χ4n) is 2.42. The Morgan fingerprint density at radius 1 is 1.12 bits per heavy atom. The summed E-state index contributed by atoms with van der Waals surface area (Å²) in [4.78, 5) is 36.0. The molecule has 0 bridgehead atoms. The molecule has 1 aromatic carbocycles. The maximum absolute atomic E-state index is 12.0. The van der Waals surface area contributed by atoms with E-state index in [1.165, 1.54) is 33.1 Å². The van der Waals surface area contributed by atoms with Gasteiger partial charge in [-0.15, -0.1) is 0 Å². The third-order valence-corrected chi connectivity index (χ3v) is 3.58. The third-order valence-electron chi connectivity index (χ3n) is 3.58. The van der Waals surface area contributed by atoms with Gasteiger partial charge >= 0.3 is 17.9 Å². The molecule has 0 aromatic heterocycles. The van der Waals surface area contributed by atoms with Crippen molar-refractivity contribution < 1.29 is 38.1 Å². The highest BCUT2D eigenvalue weighted by atomic mass is 16.7. The first-order chi connectivity index (χ1) is 12.3. The fraction of sp³-hybridized carbons (Fsp3) is 0.353. The number of carbonyl (C=O) groups is 3. The first kappa shape index (κ1) is 17.6. The average molecular weight is 363 g/mol. The molecule has 0 radical (unpaired) electrons. The van der Waals surface area contributed by atoms with E-state index < -0.39 is 23.7 Å². The predicted octanol–water partition coefficient (Wildman–Crippen LogP) is 1.38. The minimum Gasteiger partial charge on any atom is -0.486 e. The second kappa shape index (κ2) is 6.58. The van der Waals surface area contributed by atoms with Gasteiger partial charge in [-0.3, -0.25) is 0 Å². The number of ether oxygens (including phenoxy) is 5. The lowest BCUT2D eigenvalue weighted by Crippen LogP contribution is -2.42. The molecule has 2 heterocycles. The van der Waals surface area contributed by atoms with Gasteiger partial charge < -0.3 is 29.0 Å². The molecular formula is C17H17NO8. The van der Waals surface area contributed by atoms with Crippen molar-refractivity contribution in [3.05, 3.63) is 29.5 Å². The zero-order chi connectivity index (χ0) is 18.9. The molecule has 138 valence electrons. The summed E-state index contributed by atoms with van der Waals surface area (Å²) in [5.41, 5.74) is 0.0699. The standard InChI is InChI=1S/C17H17NO8/c1-17(2)25-15(20)10(16(21)26-17)8-18-11-7-13-12(23-4-5-24-13)6-9(11)14(19)22-3/h6-8,18H,4-5H2,1-3H3. The molecule has 1 N–H and O–H groups in total. The number of methoxy groups -OCH3 is 1. The first-order valence-electron chi connectivity index (χ1n) is 7.76. The topological polar surface area (TPSA) is 109 Å². The van der Waals surface area contributed by atoms with Gasteiger partial charge in [0.05, 0.1) is 18.4 Å². The number of esters is 3. The Bertz CT molecular complexity index is 789. The molecule has 1 fully saturated rings. The van der Waals surface area contributed by atoms with Crippen LogP contribution in [0.5, 0.6) is 11.5 Å². The zero-order valence-corrected chi connectivity index (χ0v) is 14.4. The molecule has 0 unspecified atom stereocenters. The number of hydrogen-bond acceptors (Lipinski definition) is 9. The van der Waals surface area contributed by atoms with Gasteiger partial charge in [0.15, 0.2) is 17.1 Å². The highest BCUT2D eigenvalue weighted by Crippen LogP contribution is 2.36. The fourth-order valence-corrected chi connectivity index (χ4v) is 2.42. The number of anilines is 1. The normalized spacial score (nSPS) is 17.7. The lowest BCUT2D eigenvalue weighted by Gasteiger charge is -2.29. The summed E-state index contributed by atoms with van der Waals surface area (Å²) < 4.78 is 25.7. The van der Waals surface area contributed by atoms with Crippen LogP contribution in [-0.2, 0) is 23.8 Å². The van der Waals surface area contributed by atoms with Gasteiger partial charge in [0, 0.05) is 32.2 Å². The van der Waals surface area contributed by atoms with Crippen molar-refractivity contribution in [1.82, 2.24) is 0 Å². The summed E-state index contributed by atoms with van der Waals surface area (Å²) in [6, 6.07) is 2.98. The molecule has 0 aliphatic carbocycles. The molecule has 26 heavy (non-hydrogen) atoms. The smallest absolute Gasteiger partial charge is 0.350 e. The number of fused-ring (bicyclic) bond motifs is 1. The Labute approximate surface area is 148 Å². The van der Waals surface area contributed by atoms with Crippen LogP contribution in [0.4, 0.5) is 5.69 Å². The van der Waals surface area contributed by atoms with Crippen LogP contribution >= 0.6 is 0 Å². The number of carbonyl (C=O) groups excluding carboxylic acids is 3. The van der Waals surface area contributed by atoms with Crippen molar-refractivity contribution in [3.63, 3.8) is 0 Å². The Morgan fingerprint density at radius 2 is 1.69 bits per heavy atom. The van der Waals surface area contributed by atoms with Crippen molar-refractivity contribution >= 4 is 23.6 Å². The molecule has 1 saturated heterocycles. The summed E-state index contributed by atoms with van der Waals surface area (Å²) in [7, 11) is 1.24. The predicted molar refractivity (Wildman–Crippen MR) is 86.7 cm³/mol. The van der Waals surface area contributed by atoms with Gasteiger partial charge in [-0.25, -0.2) is 14.4 Å². The monoisotopic (exact) mass is 363 g/mol. The maximum Gasteiger partial charge on any atom is 0.350 e. The van der Waals surface area contributed by atoms with Crippen LogP contribution in [0, 0.1) is 0 Å². The summed E-state index contributed by atoms with van der Waals surface area (Å²) in [6.45, 7) is 3.61. The van der Waals surface area contributed by atoms with Gasteiger partial charge in [0.2, 0.25) is 0 Å². The number of nitrogens with one attached hydrogen (secondary N) is 1. The second-order valence-electron chi connectivity index (χ2n) is 5.91. The van der Waals surface area contributed by atoms with Gasteiger partial charge in [-0.05, 0) is 0 Å². The molecule has 0 amide bonds. The largest absolute Gasteiger partial charge is 0.486 e. The Morgan fingerprint density at radius 3 is 2.27 bits per heavy atom. The van der Waals surface area contributed by atoms with E-state index in [0.29, 0.717) is 24.7 Å². The average Bonchev–Trinajstić information content (AvgIpc) is 2.58. The number of rotatable bonds is 3. The van der Waals surface area contributed by atoms with Crippen molar-refractivity contribution in [1.29, 1.82) is 0 Å². The molecule has 9 heteroatoms. The maximum atomic E-state index is 12.0. The van der Waals surface area contributed by atoms with Crippen LogP contribution in [0.2, 0.25) is 0 Å². The first-order valence-corrected chi connectivity index (χ1v) is 7.76. The summed E-state index contributed by atoms with van der Waals surface area (Å²) in [6.07, 6.45) is 1.11. The SMILES string of the molecule is COC(=O)c1cc2c(cc1NC=C1C(=O)OC(C)(C)OC1=O)OCCO2. The third kappa shape index (κ3) is 3.41. The summed E-state index contributed by atoms with van der Waals surface area (Å²) in [5.74, 6) is -2.82. The Hall–Kier alpha value is -3.23. The number of cyclic esters (lactones) is 2. The van der Waals surface area contributed by atoms with Crippen molar-refractivity contribution in [2.24, 2.45) is 0 Å². The van der Waals surface area contributed by atoms with E-state index in [1.54, 1.807) is 0 Å². The Balaban J connectivity index is 1.92. The van der Waals surface area contributed by atoms with Gasteiger partial charge in [0.25, 0.3) is 5.79 Å². The minimum atomic E-state index is -1.33. The van der Waals surface area contributed by atoms with Crippen LogP contribution in [0.3, 0.4) is 0 Å². The number of hydrogen-bond donors (Lipinski definition) is 1. The molecule has 3 rings (SSSR count). The van der Waals surface area contributed by atoms with E-state index in [4.69, 9.17) is 23.7 Å². The zero-order valence-electron chi connectivity index (χ0n) is 14.4. The van der Waals surface area contributed by atoms with E-state index in [-0.39, 0.29) is 16.8 Å². The lowest BCUT2D eigenvalue weighted by molar-refractivity contribution is -0.222. The van der Waals surface area contributed by atoms with E-state index in [9.17, 15) is 14.4 Å². The van der Waals surface area contributed by atoms with Crippen molar-refractivity contribution in [3.8, 4) is 11.5 Å². The van der Waals surface area contributed by atoms with E-state index >= 15 is 0 Å². The van der Waals surface area contributed by atoms with Crippen molar-refractivity contribution in [2.75, 3.05) is 25.6 Å². The molecule has 0 atom stereocenters. The molecule has 9 nitrogen and oxygen atoms in total. The minimum absolute atomic E-state index is 0.145. The lowest BCUT2D eigenvalue weighted by atomic mass is 10.1. The molecular weight excluding hydrogens is 346 g/mol. The van der Waals surface area contributed by atoms with Gasteiger partial charge in [-0.1, -0.05) is 0 Å². The molecule has 1 aromatic rings. The quantitative estimate of drug-likeness (QED) is 0.484.